The Morgan fingerprint density at radius 3 is 2.62 bits per heavy atom. The van der Waals surface area contributed by atoms with Crippen molar-refractivity contribution < 1.29 is 4.79 Å². The molecule has 1 amide bonds. The minimum Gasteiger partial charge on any atom is -0.354 e. The number of amides is 1. The quantitative estimate of drug-likeness (QED) is 0.262. The third-order valence-corrected chi connectivity index (χ3v) is 9.18. The second-order valence-electron chi connectivity index (χ2n) is 10.7. The van der Waals surface area contributed by atoms with Gasteiger partial charge >= 0.3 is 0 Å². The lowest BCUT2D eigenvalue weighted by Crippen LogP contribution is -2.36. The number of carbonyl (C=O) groups is 1. The highest BCUT2D eigenvalue weighted by molar-refractivity contribution is 7.16. The molecule has 1 saturated carbocycles. The van der Waals surface area contributed by atoms with E-state index >= 15 is 0 Å². The lowest BCUT2D eigenvalue weighted by Gasteiger charge is -2.23. The number of fused-ring (bicyclic) bond motifs is 2. The van der Waals surface area contributed by atoms with E-state index in [0.717, 1.165) is 65.0 Å². The highest BCUT2D eigenvalue weighted by Gasteiger charge is 2.27. The number of aryl methyl sites for hydroxylation is 3. The number of aliphatic imine (C=N–C) groups is 1. The van der Waals surface area contributed by atoms with E-state index in [1.54, 1.807) is 11.3 Å². The molecule has 0 spiro atoms. The number of hydrogen-bond acceptors (Lipinski definition) is 3. The van der Waals surface area contributed by atoms with Gasteiger partial charge in [0.1, 0.15) is 5.00 Å². The van der Waals surface area contributed by atoms with Crippen molar-refractivity contribution in [3.05, 3.63) is 75.2 Å². The van der Waals surface area contributed by atoms with Crippen LogP contribution in [0.4, 0.5) is 5.00 Å². The Hall–Kier alpha value is -3.18. The molecule has 0 unspecified atom stereocenters. The van der Waals surface area contributed by atoms with Gasteiger partial charge in [-0.1, -0.05) is 61.2 Å². The minimum absolute atomic E-state index is 0.0762. The molecule has 4 aromatic rings. The molecule has 190 valence electrons. The Morgan fingerprint density at radius 2 is 1.81 bits per heavy atom. The van der Waals surface area contributed by atoms with Crippen LogP contribution in [0.1, 0.15) is 82.4 Å². The van der Waals surface area contributed by atoms with Crippen molar-refractivity contribution in [1.29, 1.82) is 0 Å². The van der Waals surface area contributed by atoms with Gasteiger partial charge < -0.3 is 10.3 Å². The molecule has 2 aliphatic rings. The van der Waals surface area contributed by atoms with Gasteiger partial charge in [0, 0.05) is 33.6 Å². The second kappa shape index (κ2) is 10.3. The van der Waals surface area contributed by atoms with Crippen molar-refractivity contribution in [3.8, 4) is 11.3 Å². The smallest absolute Gasteiger partial charge is 0.254 e. The van der Waals surface area contributed by atoms with Crippen molar-refractivity contribution in [2.45, 2.75) is 77.7 Å². The summed E-state index contributed by atoms with van der Waals surface area (Å²) in [5.74, 6) is 0.0762. The van der Waals surface area contributed by atoms with Crippen LogP contribution in [0, 0.1) is 13.8 Å². The van der Waals surface area contributed by atoms with Crippen molar-refractivity contribution in [2.24, 2.45) is 4.99 Å². The van der Waals surface area contributed by atoms with Crippen LogP contribution in [0.2, 0.25) is 0 Å². The van der Waals surface area contributed by atoms with Crippen LogP contribution in [0.5, 0.6) is 0 Å². The average molecular weight is 510 g/mol. The van der Waals surface area contributed by atoms with E-state index in [1.807, 2.05) is 12.3 Å². The fourth-order valence-corrected chi connectivity index (χ4v) is 7.37. The van der Waals surface area contributed by atoms with E-state index < -0.39 is 0 Å². The van der Waals surface area contributed by atoms with Gasteiger partial charge in [0.25, 0.3) is 5.91 Å². The van der Waals surface area contributed by atoms with E-state index in [2.05, 4.69) is 60.5 Å². The Bertz CT molecular complexity index is 1470. The van der Waals surface area contributed by atoms with Crippen LogP contribution in [0.25, 0.3) is 22.2 Å². The molecule has 4 nitrogen and oxygen atoms in total. The van der Waals surface area contributed by atoms with Crippen molar-refractivity contribution in [2.75, 3.05) is 0 Å². The number of thiophene rings is 1. The largest absolute Gasteiger partial charge is 0.354 e. The van der Waals surface area contributed by atoms with Crippen LogP contribution in [-0.4, -0.2) is 23.1 Å². The van der Waals surface area contributed by atoms with Gasteiger partial charge in [-0.05, 0) is 75.1 Å². The molecule has 0 radical (unpaired) electrons. The zero-order chi connectivity index (χ0) is 25.4. The number of nitrogens with one attached hydrogen (secondary N) is 2. The summed E-state index contributed by atoms with van der Waals surface area (Å²) in [5, 5.41) is 5.41. The summed E-state index contributed by atoms with van der Waals surface area (Å²) in [6.45, 7) is 4.30. The number of carbonyl (C=O) groups excluding carboxylic acids is 1. The van der Waals surface area contributed by atoms with Gasteiger partial charge in [0.15, 0.2) is 0 Å². The second-order valence-corrected chi connectivity index (χ2v) is 11.8. The molecule has 2 aliphatic carbocycles. The number of nitrogens with zero attached hydrogens (tertiary/aromatic N) is 1. The zero-order valence-electron chi connectivity index (χ0n) is 21.8. The summed E-state index contributed by atoms with van der Waals surface area (Å²) in [4.78, 5) is 23.7. The van der Waals surface area contributed by atoms with Crippen molar-refractivity contribution >= 4 is 39.4 Å². The van der Waals surface area contributed by atoms with Crippen LogP contribution in [0.3, 0.4) is 0 Å². The molecule has 0 aliphatic heterocycles. The third kappa shape index (κ3) is 4.77. The van der Waals surface area contributed by atoms with E-state index in [9.17, 15) is 4.79 Å². The molecule has 2 heterocycles. The maximum Gasteiger partial charge on any atom is 0.254 e. The predicted molar refractivity (Wildman–Crippen MR) is 156 cm³/mol. The minimum atomic E-state index is 0.0762. The number of rotatable bonds is 5. The van der Waals surface area contributed by atoms with Crippen molar-refractivity contribution in [3.63, 3.8) is 0 Å². The highest BCUT2D eigenvalue weighted by Crippen LogP contribution is 2.41. The molecule has 37 heavy (non-hydrogen) atoms. The van der Waals surface area contributed by atoms with E-state index in [4.69, 9.17) is 4.99 Å². The summed E-state index contributed by atoms with van der Waals surface area (Å²) in [7, 11) is 0. The topological polar surface area (TPSA) is 57.2 Å². The predicted octanol–water partition coefficient (Wildman–Crippen LogP) is 8.21. The van der Waals surface area contributed by atoms with Gasteiger partial charge in [-0.15, -0.1) is 11.3 Å². The molecule has 2 N–H and O–H groups in total. The molecule has 2 aromatic carbocycles. The fraction of sp³-hybridized carbons (Fsp3) is 0.375. The Balaban J connectivity index is 1.44. The lowest BCUT2D eigenvalue weighted by atomic mass is 9.93. The number of aromatic amines is 1. The van der Waals surface area contributed by atoms with E-state index in [0.29, 0.717) is 6.04 Å². The highest BCUT2D eigenvalue weighted by atomic mass is 32.1. The summed E-state index contributed by atoms with van der Waals surface area (Å²) in [5.41, 5.74) is 8.97. The van der Waals surface area contributed by atoms with E-state index in [1.165, 1.54) is 52.6 Å². The summed E-state index contributed by atoms with van der Waals surface area (Å²) < 4.78 is 0. The first kappa shape index (κ1) is 24.2. The molecule has 1 fully saturated rings. The Morgan fingerprint density at radius 1 is 1.03 bits per heavy atom. The van der Waals surface area contributed by atoms with Crippen LogP contribution in [-0.2, 0) is 12.8 Å². The normalized spacial score (nSPS) is 16.4. The Kier molecular flexibility index (Phi) is 6.72. The molecule has 0 bridgehead atoms. The van der Waals surface area contributed by atoms with Crippen LogP contribution in [0.15, 0.2) is 47.5 Å². The fourth-order valence-electron chi connectivity index (χ4n) is 6.14. The SMILES string of the molecule is Cc1cc(C)c2[nH]c(-c3ccccc3)c(C=Nc3sc4c(c3C(=O)NC3CCCCC3)CCCC4)c2c1. The summed E-state index contributed by atoms with van der Waals surface area (Å²) in [6, 6.07) is 15.2. The van der Waals surface area contributed by atoms with Gasteiger partial charge in [-0.2, -0.15) is 0 Å². The third-order valence-electron chi connectivity index (χ3n) is 7.98. The van der Waals surface area contributed by atoms with Gasteiger partial charge in [-0.25, -0.2) is 4.99 Å². The molecular weight excluding hydrogens is 474 g/mol. The zero-order valence-corrected chi connectivity index (χ0v) is 22.6. The van der Waals surface area contributed by atoms with Gasteiger partial charge in [-0.3, -0.25) is 4.79 Å². The van der Waals surface area contributed by atoms with E-state index in [-0.39, 0.29) is 5.91 Å². The maximum atomic E-state index is 13.6. The molecular formula is C32H35N3OS. The monoisotopic (exact) mass is 509 g/mol. The van der Waals surface area contributed by atoms with Crippen LogP contribution >= 0.6 is 11.3 Å². The van der Waals surface area contributed by atoms with Crippen molar-refractivity contribution in [1.82, 2.24) is 10.3 Å². The molecule has 6 rings (SSSR count). The first-order valence-corrected chi connectivity index (χ1v) is 14.6. The first-order chi connectivity index (χ1) is 18.1. The number of H-pyrrole nitrogens is 1. The maximum absolute atomic E-state index is 13.6. The first-order valence-electron chi connectivity index (χ1n) is 13.8. The number of hydrogen-bond donors (Lipinski definition) is 2. The van der Waals surface area contributed by atoms with Crippen LogP contribution < -0.4 is 5.32 Å². The van der Waals surface area contributed by atoms with Gasteiger partial charge in [0.05, 0.1) is 11.3 Å². The lowest BCUT2D eigenvalue weighted by molar-refractivity contribution is 0.0927. The number of aromatic nitrogens is 1. The molecule has 2 aromatic heterocycles. The Labute approximate surface area is 223 Å². The summed E-state index contributed by atoms with van der Waals surface area (Å²) in [6.07, 6.45) is 12.2. The molecule has 0 atom stereocenters. The summed E-state index contributed by atoms with van der Waals surface area (Å²) >= 11 is 1.72. The van der Waals surface area contributed by atoms with Gasteiger partial charge in [0.2, 0.25) is 0 Å². The molecule has 5 heteroatoms. The number of benzene rings is 2. The standard InChI is InChI=1S/C32H35N3OS/c1-20-17-21(2)29-25(18-20)26(30(35-29)22-11-5-3-6-12-22)19-33-32-28(24-15-9-10-16-27(24)37-32)31(36)34-23-13-7-4-8-14-23/h3,5-6,11-12,17-19,23,35H,4,7-10,13-16H2,1-2H3,(H,34,36). The molecule has 0 saturated heterocycles. The average Bonchev–Trinajstić information content (AvgIpc) is 3.47.